The van der Waals surface area contributed by atoms with E-state index >= 15 is 0 Å². The maximum absolute atomic E-state index is 12.8. The van der Waals surface area contributed by atoms with Crippen LogP contribution >= 0.6 is 11.6 Å². The molecule has 150 valence electrons. The van der Waals surface area contributed by atoms with Crippen LogP contribution in [0.1, 0.15) is 0 Å². The Morgan fingerprint density at radius 2 is 2.04 bits per heavy atom. The van der Waals surface area contributed by atoms with Gasteiger partial charge in [-0.1, -0.05) is 11.6 Å². The number of rotatable bonds is 6. The zero-order valence-corrected chi connectivity index (χ0v) is 16.5. The van der Waals surface area contributed by atoms with Gasteiger partial charge in [0.05, 0.1) is 25.0 Å². The lowest BCUT2D eigenvalue weighted by atomic mass is 10.2. The normalized spacial score (nSPS) is 16.1. The molecule has 0 bridgehead atoms. The highest BCUT2D eigenvalue weighted by Crippen LogP contribution is 2.37. The Kier molecular flexibility index (Phi) is 5.95. The maximum Gasteiger partial charge on any atom is 0.263 e. The van der Waals surface area contributed by atoms with Crippen molar-refractivity contribution < 1.29 is 27.1 Å². The van der Waals surface area contributed by atoms with Gasteiger partial charge in [-0.05, 0) is 42.5 Å². The molecule has 0 aliphatic carbocycles. The van der Waals surface area contributed by atoms with Crippen LogP contribution in [0.4, 0.5) is 10.1 Å². The summed E-state index contributed by atoms with van der Waals surface area (Å²) in [5, 5.41) is 3.00. The van der Waals surface area contributed by atoms with E-state index in [0.29, 0.717) is 16.5 Å². The van der Waals surface area contributed by atoms with Gasteiger partial charge in [-0.3, -0.25) is 9.10 Å². The second-order valence-corrected chi connectivity index (χ2v) is 8.45. The van der Waals surface area contributed by atoms with Gasteiger partial charge >= 0.3 is 0 Å². The smallest absolute Gasteiger partial charge is 0.263 e. The fourth-order valence-corrected chi connectivity index (χ4v) is 3.74. The number of amides is 1. The summed E-state index contributed by atoms with van der Waals surface area (Å²) < 4.78 is 49.2. The SMILES string of the molecule is CS(=O)(=O)N1C[C@@H](C(=O)NCCOc2ccc(F)cc2)Oc2ccc(Cl)cc21. The molecule has 0 radical (unpaired) electrons. The Morgan fingerprint density at radius 1 is 1.32 bits per heavy atom. The van der Waals surface area contributed by atoms with Crippen LogP contribution in [-0.2, 0) is 14.8 Å². The van der Waals surface area contributed by atoms with Crippen LogP contribution in [0, 0.1) is 5.82 Å². The van der Waals surface area contributed by atoms with Crippen molar-refractivity contribution in [2.24, 2.45) is 0 Å². The zero-order chi connectivity index (χ0) is 20.3. The second kappa shape index (κ2) is 8.24. The van der Waals surface area contributed by atoms with E-state index in [4.69, 9.17) is 21.1 Å². The third-order valence-corrected chi connectivity index (χ3v) is 5.35. The predicted octanol–water partition coefficient (Wildman–Crippen LogP) is 2.20. The largest absolute Gasteiger partial charge is 0.492 e. The van der Waals surface area contributed by atoms with Gasteiger partial charge in [0.2, 0.25) is 10.0 Å². The summed E-state index contributed by atoms with van der Waals surface area (Å²) in [6.45, 7) is 0.158. The van der Waals surface area contributed by atoms with Gasteiger partial charge in [0.15, 0.2) is 6.10 Å². The highest BCUT2D eigenvalue weighted by atomic mass is 35.5. The number of sulfonamides is 1. The fourth-order valence-electron chi connectivity index (χ4n) is 2.66. The van der Waals surface area contributed by atoms with E-state index in [1.54, 1.807) is 6.07 Å². The fraction of sp³-hybridized carbons (Fsp3) is 0.278. The van der Waals surface area contributed by atoms with Crippen LogP contribution in [-0.4, -0.2) is 46.4 Å². The monoisotopic (exact) mass is 428 g/mol. The molecule has 2 aromatic carbocycles. The van der Waals surface area contributed by atoms with Crippen LogP contribution < -0.4 is 19.1 Å². The highest BCUT2D eigenvalue weighted by Gasteiger charge is 2.35. The number of hydrogen-bond acceptors (Lipinski definition) is 5. The molecule has 0 fully saturated rings. The number of ether oxygens (including phenoxy) is 2. The lowest BCUT2D eigenvalue weighted by molar-refractivity contribution is -0.127. The second-order valence-electron chi connectivity index (χ2n) is 6.11. The van der Waals surface area contributed by atoms with Gasteiger partial charge in [0.25, 0.3) is 5.91 Å². The Hall–Kier alpha value is -2.52. The number of hydrogen-bond donors (Lipinski definition) is 1. The molecule has 0 spiro atoms. The minimum absolute atomic E-state index is 0.159. The molecule has 1 N–H and O–H groups in total. The van der Waals surface area contributed by atoms with Crippen LogP contribution in [0.25, 0.3) is 0 Å². The van der Waals surface area contributed by atoms with Gasteiger partial charge in [0, 0.05) is 5.02 Å². The predicted molar refractivity (Wildman–Crippen MR) is 103 cm³/mol. The quantitative estimate of drug-likeness (QED) is 0.713. The molecular weight excluding hydrogens is 411 g/mol. The van der Waals surface area contributed by atoms with E-state index in [2.05, 4.69) is 5.32 Å². The van der Waals surface area contributed by atoms with Crippen molar-refractivity contribution in [3.8, 4) is 11.5 Å². The van der Waals surface area contributed by atoms with Crippen LogP contribution in [0.3, 0.4) is 0 Å². The molecule has 3 rings (SSSR count). The minimum Gasteiger partial charge on any atom is -0.492 e. The van der Waals surface area contributed by atoms with E-state index < -0.39 is 22.0 Å². The molecule has 1 amide bonds. The van der Waals surface area contributed by atoms with Crippen molar-refractivity contribution in [3.05, 3.63) is 53.3 Å². The molecule has 28 heavy (non-hydrogen) atoms. The molecule has 10 heteroatoms. The van der Waals surface area contributed by atoms with Crippen LogP contribution in [0.15, 0.2) is 42.5 Å². The first kappa shape index (κ1) is 20.2. The molecule has 1 heterocycles. The number of nitrogens with one attached hydrogen (secondary N) is 1. The molecule has 7 nitrogen and oxygen atoms in total. The summed E-state index contributed by atoms with van der Waals surface area (Å²) in [6.07, 6.45) is 0.0309. The number of fused-ring (bicyclic) bond motifs is 1. The number of nitrogens with zero attached hydrogens (tertiary/aromatic N) is 1. The topological polar surface area (TPSA) is 84.9 Å². The van der Waals surface area contributed by atoms with Gasteiger partial charge in [-0.25, -0.2) is 12.8 Å². The number of carbonyl (C=O) groups is 1. The maximum atomic E-state index is 12.8. The third-order valence-electron chi connectivity index (χ3n) is 3.97. The Morgan fingerprint density at radius 3 is 2.71 bits per heavy atom. The standard InChI is InChI=1S/C18H18ClFN2O5S/c1-28(24,25)22-11-17(27-16-7-2-12(19)10-15(16)22)18(23)21-8-9-26-14-5-3-13(20)4-6-14/h2-7,10,17H,8-9,11H2,1H3,(H,21,23)/t17-/m0/s1. The average molecular weight is 429 g/mol. The van der Waals surface area contributed by atoms with Gasteiger partial charge in [-0.2, -0.15) is 0 Å². The Balaban J connectivity index is 1.61. The molecule has 2 aromatic rings. The average Bonchev–Trinajstić information content (AvgIpc) is 2.64. The van der Waals surface area contributed by atoms with E-state index in [1.165, 1.54) is 36.4 Å². The first-order valence-corrected chi connectivity index (χ1v) is 10.6. The third kappa shape index (κ3) is 4.85. The van der Waals surface area contributed by atoms with Gasteiger partial charge in [-0.15, -0.1) is 0 Å². The van der Waals surface area contributed by atoms with E-state index in [-0.39, 0.29) is 31.3 Å². The molecule has 0 aromatic heterocycles. The van der Waals surface area contributed by atoms with Crippen LogP contribution in [0.2, 0.25) is 5.02 Å². The van der Waals surface area contributed by atoms with Gasteiger partial charge in [0.1, 0.15) is 23.9 Å². The Labute approximate surface area is 167 Å². The summed E-state index contributed by atoms with van der Waals surface area (Å²) >= 11 is 5.94. The summed E-state index contributed by atoms with van der Waals surface area (Å²) in [4.78, 5) is 12.4. The van der Waals surface area contributed by atoms with Crippen molar-refractivity contribution in [1.82, 2.24) is 5.32 Å². The Bertz CT molecular complexity index is 968. The molecule has 1 aliphatic rings. The molecule has 0 unspecified atom stereocenters. The van der Waals surface area contributed by atoms with E-state index in [9.17, 15) is 17.6 Å². The molecule has 1 aliphatic heterocycles. The lowest BCUT2D eigenvalue weighted by Gasteiger charge is -2.34. The van der Waals surface area contributed by atoms with E-state index in [0.717, 1.165) is 10.6 Å². The molecule has 1 atom stereocenters. The molecule has 0 saturated heterocycles. The van der Waals surface area contributed by atoms with Crippen molar-refractivity contribution in [2.75, 3.05) is 30.3 Å². The first-order valence-electron chi connectivity index (χ1n) is 8.34. The van der Waals surface area contributed by atoms with E-state index in [1.807, 2.05) is 0 Å². The minimum atomic E-state index is -3.63. The first-order chi connectivity index (χ1) is 13.2. The number of anilines is 1. The van der Waals surface area contributed by atoms with Crippen LogP contribution in [0.5, 0.6) is 11.5 Å². The molecule has 0 saturated carbocycles. The number of halogens is 2. The van der Waals surface area contributed by atoms with Crippen molar-refractivity contribution >= 4 is 33.2 Å². The lowest BCUT2D eigenvalue weighted by Crippen LogP contribution is -2.51. The molecular formula is C18H18ClFN2O5S. The summed E-state index contributed by atoms with van der Waals surface area (Å²) in [7, 11) is -3.63. The summed E-state index contributed by atoms with van der Waals surface area (Å²) in [5.41, 5.74) is 0.290. The summed E-state index contributed by atoms with van der Waals surface area (Å²) in [6, 6.07) is 10.1. The highest BCUT2D eigenvalue weighted by molar-refractivity contribution is 7.92. The van der Waals surface area contributed by atoms with Gasteiger partial charge < -0.3 is 14.8 Å². The number of carbonyl (C=O) groups excluding carboxylic acids is 1. The summed E-state index contributed by atoms with van der Waals surface area (Å²) in [5.74, 6) is -0.119. The van der Waals surface area contributed by atoms with Crippen molar-refractivity contribution in [1.29, 1.82) is 0 Å². The van der Waals surface area contributed by atoms with Crippen molar-refractivity contribution in [3.63, 3.8) is 0 Å². The number of benzene rings is 2. The van der Waals surface area contributed by atoms with Crippen molar-refractivity contribution in [2.45, 2.75) is 6.10 Å². The zero-order valence-electron chi connectivity index (χ0n) is 14.9.